The summed E-state index contributed by atoms with van der Waals surface area (Å²) in [6.07, 6.45) is 2.58. The van der Waals surface area contributed by atoms with Crippen molar-refractivity contribution in [1.82, 2.24) is 10.3 Å². The summed E-state index contributed by atoms with van der Waals surface area (Å²) in [4.78, 5) is 16.1. The van der Waals surface area contributed by atoms with E-state index in [0.29, 0.717) is 30.1 Å². The minimum Gasteiger partial charge on any atom is -0.488 e. The van der Waals surface area contributed by atoms with Crippen LogP contribution in [0.4, 0.5) is 10.2 Å². The first-order valence-electron chi connectivity index (χ1n) is 8.63. The summed E-state index contributed by atoms with van der Waals surface area (Å²) in [7, 11) is 0. The van der Waals surface area contributed by atoms with Gasteiger partial charge in [-0.25, -0.2) is 9.37 Å². The molecule has 7 heteroatoms. The standard InChI is InChI=1S/C19H22FN3O3/c20-14-4-2-5-15(9-14)26-16-6-1-3-12(18(16)24)10-23-19(25)13-7-8-17(21)22-11-13/h2,4-5,7-9,11-12,16,18,24H,1,3,6,10H2,(H2,21,22)(H,23,25)/t12-,16-,18-/m1/s1. The number of nitrogens with zero attached hydrogens (tertiary/aromatic N) is 1. The van der Waals surface area contributed by atoms with Gasteiger partial charge in [0.25, 0.3) is 5.91 Å². The zero-order valence-corrected chi connectivity index (χ0v) is 14.3. The molecule has 1 aromatic heterocycles. The van der Waals surface area contributed by atoms with Gasteiger partial charge in [0.1, 0.15) is 23.5 Å². The van der Waals surface area contributed by atoms with E-state index >= 15 is 0 Å². The van der Waals surface area contributed by atoms with Gasteiger partial charge in [-0.05, 0) is 43.5 Å². The third-order valence-corrected chi connectivity index (χ3v) is 4.58. The lowest BCUT2D eigenvalue weighted by Gasteiger charge is -2.35. The molecular weight excluding hydrogens is 337 g/mol. The van der Waals surface area contributed by atoms with Gasteiger partial charge in [0.15, 0.2) is 0 Å². The molecule has 1 saturated carbocycles. The number of aliphatic hydroxyl groups is 1. The SMILES string of the molecule is Nc1ccc(C(=O)NC[C@H]2CCC[C@@H](Oc3cccc(F)c3)[C@@H]2O)cn1. The Morgan fingerprint density at radius 2 is 2.19 bits per heavy atom. The fourth-order valence-electron chi connectivity index (χ4n) is 3.16. The number of pyridine rings is 1. The summed E-state index contributed by atoms with van der Waals surface area (Å²) in [5, 5.41) is 13.4. The monoisotopic (exact) mass is 359 g/mol. The molecule has 2 aromatic rings. The zero-order chi connectivity index (χ0) is 18.5. The molecule has 138 valence electrons. The first-order chi connectivity index (χ1) is 12.5. The number of carbonyl (C=O) groups is 1. The number of hydrogen-bond acceptors (Lipinski definition) is 5. The number of nitrogens with two attached hydrogens (primary N) is 1. The number of benzene rings is 1. The number of carbonyl (C=O) groups excluding carboxylic acids is 1. The van der Waals surface area contributed by atoms with Crippen LogP contribution in [0.5, 0.6) is 5.75 Å². The third kappa shape index (κ3) is 4.49. The van der Waals surface area contributed by atoms with Crippen molar-refractivity contribution in [1.29, 1.82) is 0 Å². The number of anilines is 1. The molecule has 0 aliphatic heterocycles. The number of rotatable bonds is 5. The second-order valence-electron chi connectivity index (χ2n) is 6.48. The molecule has 0 spiro atoms. The molecule has 1 aromatic carbocycles. The summed E-state index contributed by atoms with van der Waals surface area (Å²) in [6, 6.07) is 9.03. The van der Waals surface area contributed by atoms with Crippen molar-refractivity contribution in [3.8, 4) is 5.75 Å². The lowest BCUT2D eigenvalue weighted by Crippen LogP contribution is -2.45. The first kappa shape index (κ1) is 18.1. The smallest absolute Gasteiger partial charge is 0.252 e. The lowest BCUT2D eigenvalue weighted by atomic mass is 9.84. The number of amides is 1. The van der Waals surface area contributed by atoms with Gasteiger partial charge in [-0.1, -0.05) is 6.07 Å². The molecule has 3 atom stereocenters. The molecule has 0 unspecified atom stereocenters. The predicted molar refractivity (Wildman–Crippen MR) is 95.1 cm³/mol. The Bertz CT molecular complexity index is 754. The van der Waals surface area contributed by atoms with Crippen LogP contribution in [0.2, 0.25) is 0 Å². The van der Waals surface area contributed by atoms with Crippen molar-refractivity contribution >= 4 is 11.7 Å². The molecule has 0 radical (unpaired) electrons. The summed E-state index contributed by atoms with van der Waals surface area (Å²) >= 11 is 0. The fourth-order valence-corrected chi connectivity index (χ4v) is 3.16. The molecule has 0 saturated heterocycles. The normalized spacial score (nSPS) is 22.6. The first-order valence-corrected chi connectivity index (χ1v) is 8.63. The number of hydrogen-bond donors (Lipinski definition) is 3. The number of aliphatic hydroxyl groups excluding tert-OH is 1. The molecule has 1 fully saturated rings. The Hall–Kier alpha value is -2.67. The third-order valence-electron chi connectivity index (χ3n) is 4.58. The Morgan fingerprint density at radius 1 is 1.35 bits per heavy atom. The van der Waals surface area contributed by atoms with Crippen LogP contribution < -0.4 is 15.8 Å². The van der Waals surface area contributed by atoms with Crippen LogP contribution in [-0.4, -0.2) is 34.8 Å². The lowest BCUT2D eigenvalue weighted by molar-refractivity contribution is -0.0302. The predicted octanol–water partition coefficient (Wildman–Crippen LogP) is 2.14. The van der Waals surface area contributed by atoms with Crippen molar-refractivity contribution in [2.24, 2.45) is 5.92 Å². The second kappa shape index (κ2) is 8.14. The molecule has 0 bridgehead atoms. The highest BCUT2D eigenvalue weighted by atomic mass is 19.1. The van der Waals surface area contributed by atoms with Crippen molar-refractivity contribution in [2.45, 2.75) is 31.5 Å². The van der Waals surface area contributed by atoms with E-state index < -0.39 is 12.2 Å². The number of ether oxygens (including phenoxy) is 1. The molecule has 1 heterocycles. The Balaban J connectivity index is 1.56. The second-order valence-corrected chi connectivity index (χ2v) is 6.48. The van der Waals surface area contributed by atoms with E-state index in [1.54, 1.807) is 24.3 Å². The minimum absolute atomic E-state index is 0.131. The van der Waals surface area contributed by atoms with E-state index in [0.717, 1.165) is 12.8 Å². The number of aromatic nitrogens is 1. The molecule has 4 N–H and O–H groups in total. The van der Waals surface area contributed by atoms with Gasteiger partial charge in [0.05, 0.1) is 11.7 Å². The van der Waals surface area contributed by atoms with Crippen LogP contribution in [0.1, 0.15) is 29.6 Å². The molecule has 26 heavy (non-hydrogen) atoms. The van der Waals surface area contributed by atoms with Crippen LogP contribution in [-0.2, 0) is 0 Å². The van der Waals surface area contributed by atoms with Gasteiger partial charge in [-0.15, -0.1) is 0 Å². The quantitative estimate of drug-likeness (QED) is 0.760. The minimum atomic E-state index is -0.739. The van der Waals surface area contributed by atoms with Crippen molar-refractivity contribution < 1.29 is 19.0 Å². The summed E-state index contributed by atoms with van der Waals surface area (Å²) in [6.45, 7) is 0.327. The van der Waals surface area contributed by atoms with Crippen LogP contribution in [0.15, 0.2) is 42.6 Å². The van der Waals surface area contributed by atoms with Crippen LogP contribution >= 0.6 is 0 Å². The van der Waals surface area contributed by atoms with E-state index in [4.69, 9.17) is 10.5 Å². The number of nitrogens with one attached hydrogen (secondary N) is 1. The van der Waals surface area contributed by atoms with Gasteiger partial charge in [-0.2, -0.15) is 0 Å². The van der Waals surface area contributed by atoms with Crippen molar-refractivity contribution in [3.05, 3.63) is 54.0 Å². The number of nitrogen functional groups attached to an aromatic ring is 1. The molecule has 6 nitrogen and oxygen atoms in total. The summed E-state index contributed by atoms with van der Waals surface area (Å²) in [5.41, 5.74) is 5.92. The largest absolute Gasteiger partial charge is 0.488 e. The average molecular weight is 359 g/mol. The van der Waals surface area contributed by atoms with Crippen molar-refractivity contribution in [3.63, 3.8) is 0 Å². The van der Waals surface area contributed by atoms with Crippen LogP contribution in [0, 0.1) is 11.7 Å². The summed E-state index contributed by atoms with van der Waals surface area (Å²) < 4.78 is 19.0. The van der Waals surface area contributed by atoms with Gasteiger partial charge in [-0.3, -0.25) is 4.79 Å². The summed E-state index contributed by atoms with van der Waals surface area (Å²) in [5.74, 6) is -0.0344. The maximum Gasteiger partial charge on any atom is 0.252 e. The Labute approximate surface area is 151 Å². The van der Waals surface area contributed by atoms with Gasteiger partial charge >= 0.3 is 0 Å². The highest BCUT2D eigenvalue weighted by Crippen LogP contribution is 2.28. The van der Waals surface area contributed by atoms with E-state index in [9.17, 15) is 14.3 Å². The number of halogens is 1. The van der Waals surface area contributed by atoms with Crippen LogP contribution in [0.25, 0.3) is 0 Å². The van der Waals surface area contributed by atoms with E-state index in [1.807, 2.05) is 0 Å². The van der Waals surface area contributed by atoms with Crippen molar-refractivity contribution in [2.75, 3.05) is 12.3 Å². The zero-order valence-electron chi connectivity index (χ0n) is 14.3. The Morgan fingerprint density at radius 3 is 2.92 bits per heavy atom. The fraction of sp³-hybridized carbons (Fsp3) is 0.368. The van der Waals surface area contributed by atoms with E-state index in [2.05, 4.69) is 10.3 Å². The van der Waals surface area contributed by atoms with Crippen LogP contribution in [0.3, 0.4) is 0 Å². The van der Waals surface area contributed by atoms with E-state index in [-0.39, 0.29) is 17.6 Å². The van der Waals surface area contributed by atoms with E-state index in [1.165, 1.54) is 18.3 Å². The molecular formula is C19H22FN3O3. The topological polar surface area (TPSA) is 97.5 Å². The molecule has 3 rings (SSSR count). The van der Waals surface area contributed by atoms with Gasteiger partial charge in [0, 0.05) is 24.7 Å². The highest BCUT2D eigenvalue weighted by Gasteiger charge is 2.33. The molecule has 1 aliphatic carbocycles. The molecule has 1 amide bonds. The highest BCUT2D eigenvalue weighted by molar-refractivity contribution is 5.94. The van der Waals surface area contributed by atoms with Gasteiger partial charge in [0.2, 0.25) is 0 Å². The Kier molecular flexibility index (Phi) is 5.68. The van der Waals surface area contributed by atoms with Gasteiger partial charge < -0.3 is 20.9 Å². The molecule has 1 aliphatic rings. The maximum atomic E-state index is 13.3. The average Bonchev–Trinajstić information content (AvgIpc) is 2.63. The maximum absolute atomic E-state index is 13.3.